The Hall–Kier alpha value is -1.03. The second kappa shape index (κ2) is 4.92. The molecule has 0 unspecified atom stereocenters. The summed E-state index contributed by atoms with van der Waals surface area (Å²) in [5.74, 6) is 0.724. The lowest BCUT2D eigenvalue weighted by molar-refractivity contribution is -0.132. The summed E-state index contributed by atoms with van der Waals surface area (Å²) in [6.45, 7) is 3.58. The molecule has 96 valence electrons. The number of hydrogen-bond acceptors (Lipinski definition) is 2. The van der Waals surface area contributed by atoms with Crippen molar-refractivity contribution >= 4 is 27.5 Å². The normalized spacial score (nSPS) is 20.1. The van der Waals surface area contributed by atoms with Crippen molar-refractivity contribution in [1.82, 2.24) is 4.90 Å². The van der Waals surface area contributed by atoms with Crippen LogP contribution >= 0.6 is 15.9 Å². The van der Waals surface area contributed by atoms with Crippen molar-refractivity contribution in [1.29, 1.82) is 0 Å². The van der Waals surface area contributed by atoms with Gasteiger partial charge >= 0.3 is 0 Å². The first-order valence-electron chi connectivity index (χ1n) is 6.54. The maximum Gasteiger partial charge on any atom is 0.225 e. The number of amides is 1. The lowest BCUT2D eigenvalue weighted by atomic mass is 10.2. The highest BCUT2D eigenvalue weighted by atomic mass is 79.9. The Morgan fingerprint density at radius 3 is 2.39 bits per heavy atom. The van der Waals surface area contributed by atoms with E-state index in [1.807, 2.05) is 11.0 Å². The van der Waals surface area contributed by atoms with Crippen molar-refractivity contribution in [3.63, 3.8) is 0 Å². The van der Waals surface area contributed by atoms with E-state index >= 15 is 0 Å². The molecular weight excluding hydrogens is 292 g/mol. The van der Waals surface area contributed by atoms with Crippen molar-refractivity contribution in [2.24, 2.45) is 5.92 Å². The molecule has 1 heterocycles. The van der Waals surface area contributed by atoms with Crippen molar-refractivity contribution in [2.75, 3.05) is 31.1 Å². The lowest BCUT2D eigenvalue weighted by Crippen LogP contribution is -2.49. The monoisotopic (exact) mass is 308 g/mol. The van der Waals surface area contributed by atoms with Crippen LogP contribution in [0.2, 0.25) is 0 Å². The van der Waals surface area contributed by atoms with Gasteiger partial charge in [-0.25, -0.2) is 0 Å². The van der Waals surface area contributed by atoms with Crippen LogP contribution in [0, 0.1) is 5.92 Å². The molecule has 1 aliphatic heterocycles. The number of halogens is 1. The summed E-state index contributed by atoms with van der Waals surface area (Å²) >= 11 is 3.59. The Labute approximate surface area is 116 Å². The third-order valence-electron chi connectivity index (χ3n) is 3.71. The molecule has 4 heteroatoms. The SMILES string of the molecule is O=C(C1CC1)N1CCN(c2ccccc2Br)CC1. The van der Waals surface area contributed by atoms with E-state index in [0.717, 1.165) is 43.5 Å². The Bertz CT molecular complexity index is 451. The van der Waals surface area contributed by atoms with Gasteiger partial charge in [-0.05, 0) is 40.9 Å². The summed E-state index contributed by atoms with van der Waals surface area (Å²) in [6.07, 6.45) is 2.20. The first-order chi connectivity index (χ1) is 8.75. The van der Waals surface area contributed by atoms with Gasteiger partial charge in [0, 0.05) is 36.6 Å². The van der Waals surface area contributed by atoms with Crippen LogP contribution in [0.1, 0.15) is 12.8 Å². The number of anilines is 1. The second-order valence-electron chi connectivity index (χ2n) is 5.04. The Kier molecular flexibility index (Phi) is 3.29. The standard InChI is InChI=1S/C14H17BrN2O/c15-12-3-1-2-4-13(12)16-7-9-17(10-8-16)14(18)11-5-6-11/h1-4,11H,5-10H2. The minimum Gasteiger partial charge on any atom is -0.367 e. The fourth-order valence-corrected chi connectivity index (χ4v) is 3.00. The molecule has 2 fully saturated rings. The number of carbonyl (C=O) groups excluding carboxylic acids is 1. The second-order valence-corrected chi connectivity index (χ2v) is 5.89. The van der Waals surface area contributed by atoms with E-state index in [9.17, 15) is 4.79 Å². The lowest BCUT2D eigenvalue weighted by Gasteiger charge is -2.36. The fourth-order valence-electron chi connectivity index (χ4n) is 2.46. The summed E-state index contributed by atoms with van der Waals surface area (Å²) in [6, 6.07) is 8.28. The van der Waals surface area contributed by atoms with Gasteiger partial charge in [-0.15, -0.1) is 0 Å². The molecule has 3 nitrogen and oxygen atoms in total. The highest BCUT2D eigenvalue weighted by molar-refractivity contribution is 9.10. The van der Waals surface area contributed by atoms with Gasteiger partial charge < -0.3 is 9.80 Å². The topological polar surface area (TPSA) is 23.6 Å². The molecule has 0 N–H and O–H groups in total. The summed E-state index contributed by atoms with van der Waals surface area (Å²) in [4.78, 5) is 16.3. The van der Waals surface area contributed by atoms with E-state index in [4.69, 9.17) is 0 Å². The van der Waals surface area contributed by atoms with Crippen molar-refractivity contribution in [3.05, 3.63) is 28.7 Å². The largest absolute Gasteiger partial charge is 0.367 e. The molecule has 0 radical (unpaired) electrons. The molecule has 0 aromatic heterocycles. The molecule has 0 spiro atoms. The van der Waals surface area contributed by atoms with Gasteiger partial charge in [-0.1, -0.05) is 12.1 Å². The van der Waals surface area contributed by atoms with E-state index in [-0.39, 0.29) is 0 Å². The molecule has 1 aliphatic carbocycles. The Morgan fingerprint density at radius 2 is 1.78 bits per heavy atom. The number of benzene rings is 1. The molecule has 1 amide bonds. The number of hydrogen-bond donors (Lipinski definition) is 0. The molecule has 1 aromatic rings. The highest BCUT2D eigenvalue weighted by Gasteiger charge is 2.34. The maximum atomic E-state index is 12.0. The third kappa shape index (κ3) is 2.39. The van der Waals surface area contributed by atoms with Crippen LogP contribution in [0.25, 0.3) is 0 Å². The molecule has 1 saturated carbocycles. The average Bonchev–Trinajstić information content (AvgIpc) is 3.23. The van der Waals surface area contributed by atoms with E-state index in [1.54, 1.807) is 0 Å². The molecular formula is C14H17BrN2O. The minimum absolute atomic E-state index is 0.347. The van der Waals surface area contributed by atoms with Gasteiger partial charge in [-0.3, -0.25) is 4.79 Å². The van der Waals surface area contributed by atoms with E-state index < -0.39 is 0 Å². The molecule has 2 aliphatic rings. The quantitative estimate of drug-likeness (QED) is 0.838. The van der Waals surface area contributed by atoms with Crippen LogP contribution in [0.4, 0.5) is 5.69 Å². The number of piperazine rings is 1. The Balaban J connectivity index is 1.63. The number of para-hydroxylation sites is 1. The maximum absolute atomic E-state index is 12.0. The van der Waals surface area contributed by atoms with Gasteiger partial charge in [-0.2, -0.15) is 0 Å². The zero-order chi connectivity index (χ0) is 12.5. The number of rotatable bonds is 2. The number of nitrogens with zero attached hydrogens (tertiary/aromatic N) is 2. The summed E-state index contributed by atoms with van der Waals surface area (Å²) < 4.78 is 1.13. The minimum atomic E-state index is 0.347. The zero-order valence-electron chi connectivity index (χ0n) is 10.3. The van der Waals surface area contributed by atoms with Crippen LogP contribution < -0.4 is 4.90 Å². The van der Waals surface area contributed by atoms with Crippen molar-refractivity contribution < 1.29 is 4.79 Å². The van der Waals surface area contributed by atoms with Crippen LogP contribution in [0.5, 0.6) is 0 Å². The van der Waals surface area contributed by atoms with Crippen molar-refractivity contribution in [2.45, 2.75) is 12.8 Å². The molecule has 0 atom stereocenters. The van der Waals surface area contributed by atoms with Crippen LogP contribution in [0.15, 0.2) is 28.7 Å². The fraction of sp³-hybridized carbons (Fsp3) is 0.500. The summed E-state index contributed by atoms with van der Waals surface area (Å²) in [5, 5.41) is 0. The molecule has 18 heavy (non-hydrogen) atoms. The smallest absolute Gasteiger partial charge is 0.225 e. The number of carbonyl (C=O) groups is 1. The van der Waals surface area contributed by atoms with Gasteiger partial charge in [0.2, 0.25) is 5.91 Å². The predicted molar refractivity (Wildman–Crippen MR) is 75.7 cm³/mol. The van der Waals surface area contributed by atoms with Crippen LogP contribution in [-0.2, 0) is 4.79 Å². The third-order valence-corrected chi connectivity index (χ3v) is 4.38. The Morgan fingerprint density at radius 1 is 1.11 bits per heavy atom. The summed E-state index contributed by atoms with van der Waals surface area (Å²) in [5.41, 5.74) is 1.23. The highest BCUT2D eigenvalue weighted by Crippen LogP contribution is 2.32. The van der Waals surface area contributed by atoms with Crippen LogP contribution in [-0.4, -0.2) is 37.0 Å². The van der Waals surface area contributed by atoms with Gasteiger partial charge in [0.05, 0.1) is 5.69 Å². The van der Waals surface area contributed by atoms with Gasteiger partial charge in [0.25, 0.3) is 0 Å². The van der Waals surface area contributed by atoms with E-state index in [1.165, 1.54) is 5.69 Å². The first kappa shape index (κ1) is 12.0. The molecule has 3 rings (SSSR count). The zero-order valence-corrected chi connectivity index (χ0v) is 11.9. The van der Waals surface area contributed by atoms with Crippen LogP contribution in [0.3, 0.4) is 0 Å². The summed E-state index contributed by atoms with van der Waals surface area (Å²) in [7, 11) is 0. The van der Waals surface area contributed by atoms with Crippen molar-refractivity contribution in [3.8, 4) is 0 Å². The predicted octanol–water partition coefficient (Wildman–Crippen LogP) is 2.51. The van der Waals surface area contributed by atoms with Gasteiger partial charge in [0.1, 0.15) is 0 Å². The molecule has 1 aromatic carbocycles. The van der Waals surface area contributed by atoms with Gasteiger partial charge in [0.15, 0.2) is 0 Å². The average molecular weight is 309 g/mol. The van der Waals surface area contributed by atoms with E-state index in [2.05, 4.69) is 39.0 Å². The molecule has 1 saturated heterocycles. The first-order valence-corrected chi connectivity index (χ1v) is 7.33. The van der Waals surface area contributed by atoms with E-state index in [0.29, 0.717) is 11.8 Å². The molecule has 0 bridgehead atoms.